The highest BCUT2D eigenvalue weighted by molar-refractivity contribution is 5.92. The van der Waals surface area contributed by atoms with Crippen LogP contribution in [0.15, 0.2) is 0 Å². The molecule has 0 aromatic carbocycles. The molecule has 3 aliphatic heterocycles. The van der Waals surface area contributed by atoms with Gasteiger partial charge in [0, 0.05) is 72.5 Å². The van der Waals surface area contributed by atoms with Gasteiger partial charge < -0.3 is 46.1 Å². The first-order valence-electron chi connectivity index (χ1n) is 23.0. The Bertz CT molecular complexity index is 1150. The highest BCUT2D eigenvalue weighted by atomic mass is 16.5. The van der Waals surface area contributed by atoms with Crippen LogP contribution in [-0.2, 0) is 33.4 Å². The predicted molar refractivity (Wildman–Crippen MR) is 243 cm³/mol. The molecule has 16 heteroatoms. The van der Waals surface area contributed by atoms with Crippen LogP contribution in [0.25, 0.3) is 0 Å². The Morgan fingerprint density at radius 2 is 1.10 bits per heavy atom. The Morgan fingerprint density at radius 3 is 1.55 bits per heavy atom. The molecular weight excluding hydrogens is 767 g/mol. The van der Waals surface area contributed by atoms with E-state index in [1.54, 1.807) is 23.6 Å². The molecule has 60 heavy (non-hydrogen) atoms. The number of hydrogen-bond acceptors (Lipinski definition) is 12. The van der Waals surface area contributed by atoms with Gasteiger partial charge in [-0.2, -0.15) is 0 Å². The van der Waals surface area contributed by atoms with Gasteiger partial charge in [-0.3, -0.25) is 33.9 Å². The number of amides is 4. The van der Waals surface area contributed by atoms with E-state index in [4.69, 9.17) is 25.7 Å². The van der Waals surface area contributed by atoms with E-state index in [0.717, 1.165) is 105 Å². The summed E-state index contributed by atoms with van der Waals surface area (Å²) in [6.07, 6.45) is 2.78. The molecule has 3 heterocycles. The number of carbonyl (C=O) groups is 4. The lowest BCUT2D eigenvalue weighted by atomic mass is 9.96. The number of carbonyl (C=O) groups excluding carboxylic acids is 4. The molecule has 6 atom stereocenters. The minimum Gasteiger partial charge on any atom is -0.379 e. The van der Waals surface area contributed by atoms with E-state index in [1.807, 2.05) is 48.7 Å². The van der Waals surface area contributed by atoms with Gasteiger partial charge in [0.05, 0.1) is 57.8 Å². The maximum Gasteiger partial charge on any atom is 0.247 e. The van der Waals surface area contributed by atoms with Crippen molar-refractivity contribution in [2.75, 3.05) is 126 Å². The van der Waals surface area contributed by atoms with Crippen LogP contribution in [0.1, 0.15) is 95.4 Å². The first-order chi connectivity index (χ1) is 28.4. The minimum atomic E-state index is -0.945. The topological polar surface area (TPSA) is 188 Å². The van der Waals surface area contributed by atoms with Crippen molar-refractivity contribution in [1.82, 2.24) is 35.1 Å². The molecule has 16 nitrogen and oxygen atoms in total. The van der Waals surface area contributed by atoms with E-state index in [0.29, 0.717) is 32.2 Å². The third-order valence-corrected chi connectivity index (χ3v) is 11.9. The van der Waals surface area contributed by atoms with Gasteiger partial charge in [-0.25, -0.2) is 0 Å². The van der Waals surface area contributed by atoms with Gasteiger partial charge in [0.15, 0.2) is 0 Å². The molecular formula is C44H91N9O7. The zero-order valence-corrected chi connectivity index (χ0v) is 40.4. The molecule has 0 saturated carbocycles. The zero-order valence-electron chi connectivity index (χ0n) is 40.4. The normalized spacial score (nSPS) is 19.3. The molecule has 3 fully saturated rings. The number of likely N-dealkylation sites (N-methyl/N-ethyl adjacent to an activating group) is 2. The fourth-order valence-electron chi connectivity index (χ4n) is 6.68. The van der Waals surface area contributed by atoms with Crippen LogP contribution in [0.4, 0.5) is 0 Å². The Morgan fingerprint density at radius 1 is 0.667 bits per heavy atom. The third-order valence-electron chi connectivity index (χ3n) is 11.9. The van der Waals surface area contributed by atoms with Crippen molar-refractivity contribution in [2.24, 2.45) is 29.2 Å². The van der Waals surface area contributed by atoms with Crippen molar-refractivity contribution < 1.29 is 33.4 Å². The van der Waals surface area contributed by atoms with Crippen LogP contribution in [0.3, 0.4) is 0 Å². The first kappa shape index (κ1) is 57.6. The van der Waals surface area contributed by atoms with Crippen LogP contribution in [-0.4, -0.2) is 198 Å². The van der Waals surface area contributed by atoms with E-state index >= 15 is 0 Å². The molecule has 0 aromatic rings. The van der Waals surface area contributed by atoms with Gasteiger partial charge in [0.1, 0.15) is 5.54 Å². The lowest BCUT2D eigenvalue weighted by molar-refractivity contribution is -0.144. The Balaban J connectivity index is 0.000000853. The summed E-state index contributed by atoms with van der Waals surface area (Å²) in [5, 5.41) is 5.87. The highest BCUT2D eigenvalue weighted by Gasteiger charge is 2.36. The summed E-state index contributed by atoms with van der Waals surface area (Å²) in [4.78, 5) is 59.3. The van der Waals surface area contributed by atoms with Gasteiger partial charge in [0.2, 0.25) is 23.6 Å². The molecule has 3 saturated heterocycles. The monoisotopic (exact) mass is 858 g/mol. The van der Waals surface area contributed by atoms with Crippen LogP contribution < -0.4 is 22.1 Å². The number of hydrogen-bond donors (Lipinski definition) is 4. The van der Waals surface area contributed by atoms with Gasteiger partial charge in [-0.05, 0) is 45.2 Å². The van der Waals surface area contributed by atoms with Gasteiger partial charge >= 0.3 is 0 Å². The molecule has 4 amide bonds. The summed E-state index contributed by atoms with van der Waals surface area (Å²) >= 11 is 0. The molecule has 0 aromatic heterocycles. The van der Waals surface area contributed by atoms with Crippen LogP contribution in [0.2, 0.25) is 0 Å². The Kier molecular flexibility index (Phi) is 31.0. The van der Waals surface area contributed by atoms with Crippen molar-refractivity contribution in [1.29, 1.82) is 0 Å². The van der Waals surface area contributed by atoms with Crippen LogP contribution in [0, 0.1) is 17.8 Å². The van der Waals surface area contributed by atoms with Gasteiger partial charge in [-0.15, -0.1) is 0 Å². The van der Waals surface area contributed by atoms with E-state index < -0.39 is 11.6 Å². The van der Waals surface area contributed by atoms with Gasteiger partial charge in [0.25, 0.3) is 0 Å². The van der Waals surface area contributed by atoms with Crippen molar-refractivity contribution in [2.45, 2.75) is 119 Å². The average molecular weight is 858 g/mol. The molecule has 3 aliphatic rings. The molecule has 6 unspecified atom stereocenters. The second-order valence-electron chi connectivity index (χ2n) is 16.7. The zero-order chi connectivity index (χ0) is 45.8. The fourth-order valence-corrected chi connectivity index (χ4v) is 6.68. The van der Waals surface area contributed by atoms with E-state index in [-0.39, 0.29) is 47.5 Å². The van der Waals surface area contributed by atoms with Crippen molar-refractivity contribution in [3.8, 4) is 0 Å². The third kappa shape index (κ3) is 21.6. The maximum absolute atomic E-state index is 12.4. The Hall–Kier alpha value is -2.44. The van der Waals surface area contributed by atoms with Crippen LogP contribution >= 0.6 is 0 Å². The number of morpholine rings is 3. The number of nitrogens with one attached hydrogen (secondary N) is 2. The molecule has 0 radical (unpaired) electrons. The molecule has 354 valence electrons. The molecule has 0 spiro atoms. The molecule has 0 bridgehead atoms. The summed E-state index contributed by atoms with van der Waals surface area (Å²) < 4.78 is 15.8. The molecule has 6 N–H and O–H groups in total. The number of rotatable bonds is 19. The van der Waals surface area contributed by atoms with E-state index in [1.165, 1.54) is 0 Å². The summed E-state index contributed by atoms with van der Waals surface area (Å²) in [6, 6.07) is -0.976. The number of ether oxygens (including phenoxy) is 3. The summed E-state index contributed by atoms with van der Waals surface area (Å²) in [7, 11) is 3.86. The largest absolute Gasteiger partial charge is 0.379 e. The van der Waals surface area contributed by atoms with Crippen molar-refractivity contribution >= 4 is 23.6 Å². The maximum atomic E-state index is 12.4. The molecule has 0 aliphatic carbocycles. The van der Waals surface area contributed by atoms with E-state index in [2.05, 4.69) is 53.0 Å². The Labute approximate surface area is 365 Å². The predicted octanol–water partition coefficient (Wildman–Crippen LogP) is 2.09. The number of nitrogens with zero attached hydrogens (tertiary/aromatic N) is 5. The minimum absolute atomic E-state index is 0.0188. The second kappa shape index (κ2) is 32.3. The number of nitrogens with two attached hydrogens (primary N) is 2. The van der Waals surface area contributed by atoms with Crippen LogP contribution in [0.5, 0.6) is 0 Å². The fraction of sp³-hybridized carbons (Fsp3) is 0.909. The van der Waals surface area contributed by atoms with E-state index in [9.17, 15) is 19.2 Å². The average Bonchev–Trinajstić information content (AvgIpc) is 3.28. The lowest BCUT2D eigenvalue weighted by Crippen LogP contribution is -2.60. The molecule has 3 rings (SSSR count). The first-order valence-corrected chi connectivity index (χ1v) is 23.0. The van der Waals surface area contributed by atoms with Crippen molar-refractivity contribution in [3.05, 3.63) is 0 Å². The summed E-state index contributed by atoms with van der Waals surface area (Å²) in [5.41, 5.74) is 10.9. The highest BCUT2D eigenvalue weighted by Crippen LogP contribution is 2.15. The van der Waals surface area contributed by atoms with Gasteiger partial charge in [-0.1, -0.05) is 81.6 Å². The lowest BCUT2D eigenvalue weighted by Gasteiger charge is -2.35. The smallest absolute Gasteiger partial charge is 0.247 e. The SMILES string of the molecule is CC.CCC(C)C(C(=O)NCCN1CCOCC1)N(C)CC.CCC(C)C(N)C(=O)N(C)CCN1CCOCC1.CCC(C)C(N)C(=O)NC(C)(C)C(=O)N1CCOCC1. The summed E-state index contributed by atoms with van der Waals surface area (Å²) in [6.45, 7) is 35.3. The second-order valence-corrected chi connectivity index (χ2v) is 16.7. The quantitative estimate of drug-likeness (QED) is 0.149. The van der Waals surface area contributed by atoms with Crippen molar-refractivity contribution in [3.63, 3.8) is 0 Å². The summed E-state index contributed by atoms with van der Waals surface area (Å²) in [5.74, 6) is 0.557. The standard InChI is InChI=1S/C15H31N3O2.C14H27N3O3.C13H27N3O2.C2H6/c1-5-13(3)14(17(4)6-2)15(19)16-7-8-18-9-11-20-12-10-18;1-5-10(2)11(15)12(18)16-14(3,4)13(19)17-6-8-20-9-7-17;1-4-11(2)12(14)13(17)15(3)5-6-16-7-9-18-10-8-16;1-2/h13-14H,5-12H2,1-4H3,(H,16,19);10-11H,5-9,15H2,1-4H3,(H,16,18);11-12H,4-10,14H2,1-3H3;1-2H3.